The van der Waals surface area contributed by atoms with Crippen molar-refractivity contribution in [3.8, 4) is 0 Å². The van der Waals surface area contributed by atoms with Crippen LogP contribution in [0.4, 0.5) is 0 Å². The number of hydrogen-bond acceptors (Lipinski definition) is 3. The molecule has 3 N–H and O–H groups in total. The number of primary sulfonamides is 1. The minimum absolute atomic E-state index is 0.115. The predicted molar refractivity (Wildman–Crippen MR) is 81.8 cm³/mol. The Labute approximate surface area is 129 Å². The van der Waals surface area contributed by atoms with E-state index in [1.54, 1.807) is 6.92 Å². The first-order chi connectivity index (χ1) is 9.70. The first kappa shape index (κ1) is 16.3. The van der Waals surface area contributed by atoms with Crippen molar-refractivity contribution in [2.75, 3.05) is 6.54 Å². The van der Waals surface area contributed by atoms with Crippen LogP contribution >= 0.6 is 11.6 Å². The highest BCUT2D eigenvalue weighted by Gasteiger charge is 2.28. The number of benzene rings is 1. The molecule has 0 bridgehead atoms. The van der Waals surface area contributed by atoms with Gasteiger partial charge in [-0.1, -0.05) is 18.5 Å². The molecule has 1 saturated carbocycles. The fraction of sp³-hybridized carbons (Fsp3) is 0.500. The van der Waals surface area contributed by atoms with E-state index in [1.165, 1.54) is 25.0 Å². The highest BCUT2D eigenvalue weighted by molar-refractivity contribution is 7.89. The third kappa shape index (κ3) is 3.96. The molecule has 1 fully saturated rings. The van der Waals surface area contributed by atoms with E-state index in [-0.39, 0.29) is 21.4 Å². The minimum atomic E-state index is -3.91. The number of carbonyl (C=O) groups excluding carboxylic acids is 1. The van der Waals surface area contributed by atoms with Gasteiger partial charge >= 0.3 is 0 Å². The summed E-state index contributed by atoms with van der Waals surface area (Å²) in [7, 11) is -3.91. The van der Waals surface area contributed by atoms with Gasteiger partial charge in [0.1, 0.15) is 0 Å². The van der Waals surface area contributed by atoms with Gasteiger partial charge in [0.15, 0.2) is 0 Å². The fourth-order valence-corrected chi connectivity index (χ4v) is 3.37. The van der Waals surface area contributed by atoms with E-state index in [1.807, 2.05) is 0 Å². The van der Waals surface area contributed by atoms with Crippen molar-refractivity contribution in [2.24, 2.45) is 17.0 Å². The second-order valence-electron chi connectivity index (χ2n) is 5.65. The van der Waals surface area contributed by atoms with E-state index >= 15 is 0 Å². The Morgan fingerprint density at radius 3 is 2.62 bits per heavy atom. The van der Waals surface area contributed by atoms with E-state index in [0.29, 0.717) is 23.9 Å². The molecule has 0 radical (unpaired) electrons. The smallest absolute Gasteiger partial charge is 0.251 e. The molecule has 1 amide bonds. The van der Waals surface area contributed by atoms with Gasteiger partial charge < -0.3 is 5.32 Å². The first-order valence-electron chi connectivity index (χ1n) is 6.81. The Hall–Kier alpha value is -1.11. The molecule has 0 spiro atoms. The Morgan fingerprint density at radius 2 is 2.10 bits per heavy atom. The molecule has 7 heteroatoms. The second kappa shape index (κ2) is 5.94. The summed E-state index contributed by atoms with van der Waals surface area (Å²) in [5, 5.41) is 8.17. The Kier molecular flexibility index (Phi) is 4.60. The van der Waals surface area contributed by atoms with Crippen LogP contribution in [0.5, 0.6) is 0 Å². The quantitative estimate of drug-likeness (QED) is 0.866. The predicted octanol–water partition coefficient (Wildman–Crippen LogP) is 2.07. The molecule has 21 heavy (non-hydrogen) atoms. The zero-order valence-electron chi connectivity index (χ0n) is 12.0. The number of nitrogens with one attached hydrogen (secondary N) is 1. The molecule has 2 rings (SSSR count). The lowest BCUT2D eigenvalue weighted by molar-refractivity contribution is 0.0946. The maximum absolute atomic E-state index is 12.1. The topological polar surface area (TPSA) is 89.3 Å². The van der Waals surface area contributed by atoms with Crippen molar-refractivity contribution in [3.63, 3.8) is 0 Å². The van der Waals surface area contributed by atoms with E-state index in [9.17, 15) is 13.2 Å². The van der Waals surface area contributed by atoms with Crippen LogP contribution in [-0.2, 0) is 10.0 Å². The van der Waals surface area contributed by atoms with Gasteiger partial charge in [0.05, 0.1) is 4.90 Å². The fourth-order valence-electron chi connectivity index (χ4n) is 2.27. The lowest BCUT2D eigenvalue weighted by atomic mass is 10.1. The number of hydrogen-bond donors (Lipinski definition) is 2. The molecule has 116 valence electrons. The van der Waals surface area contributed by atoms with E-state index in [2.05, 4.69) is 12.2 Å². The number of amides is 1. The van der Waals surface area contributed by atoms with Crippen molar-refractivity contribution in [1.82, 2.24) is 5.32 Å². The largest absolute Gasteiger partial charge is 0.352 e. The van der Waals surface area contributed by atoms with Crippen LogP contribution in [0.15, 0.2) is 17.0 Å². The van der Waals surface area contributed by atoms with E-state index in [4.69, 9.17) is 16.7 Å². The van der Waals surface area contributed by atoms with Crippen molar-refractivity contribution in [1.29, 1.82) is 0 Å². The first-order valence-corrected chi connectivity index (χ1v) is 8.73. The molecule has 1 aromatic carbocycles. The van der Waals surface area contributed by atoms with Crippen LogP contribution in [0, 0.1) is 18.8 Å². The molecule has 0 heterocycles. The highest BCUT2D eigenvalue weighted by atomic mass is 35.5. The molecule has 1 aliphatic carbocycles. The lowest BCUT2D eigenvalue weighted by Crippen LogP contribution is -2.29. The summed E-state index contributed by atoms with van der Waals surface area (Å²) in [6, 6.07) is 2.73. The monoisotopic (exact) mass is 330 g/mol. The summed E-state index contributed by atoms with van der Waals surface area (Å²) in [6.07, 6.45) is 2.42. The van der Waals surface area contributed by atoms with Gasteiger partial charge in [-0.2, -0.15) is 0 Å². The van der Waals surface area contributed by atoms with E-state index < -0.39 is 10.0 Å². The summed E-state index contributed by atoms with van der Waals surface area (Å²) in [6.45, 7) is 4.22. The van der Waals surface area contributed by atoms with Gasteiger partial charge in [0.2, 0.25) is 10.0 Å². The van der Waals surface area contributed by atoms with Gasteiger partial charge in [-0.05, 0) is 49.3 Å². The summed E-state index contributed by atoms with van der Waals surface area (Å²) >= 11 is 5.99. The third-order valence-electron chi connectivity index (χ3n) is 3.88. The number of rotatable bonds is 5. The Balaban J connectivity index is 2.19. The minimum Gasteiger partial charge on any atom is -0.352 e. The van der Waals surface area contributed by atoms with Gasteiger partial charge in [-0.3, -0.25) is 4.79 Å². The van der Waals surface area contributed by atoms with Crippen LogP contribution in [0.3, 0.4) is 0 Å². The van der Waals surface area contributed by atoms with Crippen LogP contribution in [0.1, 0.15) is 35.7 Å². The van der Waals surface area contributed by atoms with Gasteiger partial charge in [0, 0.05) is 17.1 Å². The SMILES string of the molecule is Cc1c(Cl)cc(C(=O)NCC(C)C2CC2)cc1S(N)(=O)=O. The molecule has 1 aliphatic rings. The second-order valence-corrected chi connectivity index (χ2v) is 7.59. The zero-order valence-corrected chi connectivity index (χ0v) is 13.6. The summed E-state index contributed by atoms with van der Waals surface area (Å²) in [5.74, 6) is 0.772. The number of carbonyl (C=O) groups is 1. The third-order valence-corrected chi connectivity index (χ3v) is 5.31. The average molecular weight is 331 g/mol. The van der Waals surface area contributed by atoms with Gasteiger partial charge in [-0.25, -0.2) is 13.6 Å². The van der Waals surface area contributed by atoms with Gasteiger partial charge in [-0.15, -0.1) is 0 Å². The lowest BCUT2D eigenvalue weighted by Gasteiger charge is -2.13. The maximum atomic E-state index is 12.1. The van der Waals surface area contributed by atoms with Crippen molar-refractivity contribution in [3.05, 3.63) is 28.3 Å². The van der Waals surface area contributed by atoms with E-state index in [0.717, 1.165) is 0 Å². The highest BCUT2D eigenvalue weighted by Crippen LogP contribution is 2.36. The zero-order chi connectivity index (χ0) is 15.8. The van der Waals surface area contributed by atoms with Crippen molar-refractivity contribution < 1.29 is 13.2 Å². The molecular formula is C14H19ClN2O3S. The molecule has 0 saturated heterocycles. The molecular weight excluding hydrogens is 312 g/mol. The molecule has 1 unspecified atom stereocenters. The summed E-state index contributed by atoms with van der Waals surface area (Å²) in [4.78, 5) is 12.0. The summed E-state index contributed by atoms with van der Waals surface area (Å²) < 4.78 is 23.1. The van der Waals surface area contributed by atoms with Gasteiger partial charge in [0.25, 0.3) is 5.91 Å². The van der Waals surface area contributed by atoms with Crippen LogP contribution in [0.25, 0.3) is 0 Å². The normalized spacial score (nSPS) is 16.6. The average Bonchev–Trinajstić information content (AvgIpc) is 3.21. The Morgan fingerprint density at radius 1 is 1.48 bits per heavy atom. The molecule has 1 aromatic rings. The molecule has 5 nitrogen and oxygen atoms in total. The van der Waals surface area contributed by atoms with Crippen LogP contribution < -0.4 is 10.5 Å². The number of nitrogens with two attached hydrogens (primary N) is 1. The summed E-state index contributed by atoms with van der Waals surface area (Å²) in [5.41, 5.74) is 0.555. The Bertz CT molecular complexity index is 669. The van der Waals surface area contributed by atoms with Crippen LogP contribution in [0.2, 0.25) is 5.02 Å². The van der Waals surface area contributed by atoms with Crippen LogP contribution in [-0.4, -0.2) is 20.9 Å². The molecule has 0 aliphatic heterocycles. The number of halogens is 1. The standard InChI is InChI=1S/C14H19ClN2O3S/c1-8(10-3-4-10)7-17-14(18)11-5-12(15)9(2)13(6-11)21(16,19)20/h5-6,8,10H,3-4,7H2,1-2H3,(H,17,18)(H2,16,19,20). The number of sulfonamides is 1. The van der Waals surface area contributed by atoms with Crippen molar-refractivity contribution in [2.45, 2.75) is 31.6 Å². The maximum Gasteiger partial charge on any atom is 0.251 e. The molecule has 0 aromatic heterocycles. The molecule has 1 atom stereocenters. The van der Waals surface area contributed by atoms with Crippen molar-refractivity contribution >= 4 is 27.5 Å².